The van der Waals surface area contributed by atoms with Crippen LogP contribution in [-0.4, -0.2) is 0 Å². The topological polar surface area (TPSA) is 44.5 Å². The van der Waals surface area contributed by atoms with Crippen molar-refractivity contribution in [3.8, 4) is 0 Å². The first-order valence-electron chi connectivity index (χ1n) is 9.69. The van der Waals surface area contributed by atoms with Crippen LogP contribution in [0.2, 0.25) is 0 Å². The Kier molecular flexibility index (Phi) is 6.29. The lowest BCUT2D eigenvalue weighted by Crippen LogP contribution is -2.54. The zero-order valence-electron chi connectivity index (χ0n) is 16.3. The SMILES string of the molecule is NOC(c1ccccc1)(c1ccccc1)C(OI)(c1ccccc1)c1ccccc1. The fraction of sp³-hybridized carbons (Fsp3) is 0.0769. The van der Waals surface area contributed by atoms with Crippen molar-refractivity contribution in [1.82, 2.24) is 0 Å². The summed E-state index contributed by atoms with van der Waals surface area (Å²) in [5, 5.41) is 0. The maximum Gasteiger partial charge on any atom is 0.177 e. The first-order chi connectivity index (χ1) is 14.8. The van der Waals surface area contributed by atoms with Crippen LogP contribution >= 0.6 is 23.0 Å². The summed E-state index contributed by atoms with van der Waals surface area (Å²) in [6.45, 7) is 0. The van der Waals surface area contributed by atoms with Crippen LogP contribution in [0, 0.1) is 0 Å². The molecular weight excluding hydrogens is 485 g/mol. The molecule has 3 nitrogen and oxygen atoms in total. The highest BCUT2D eigenvalue weighted by molar-refractivity contribution is 14.1. The monoisotopic (exact) mass is 507 g/mol. The molecule has 4 aromatic rings. The average molecular weight is 507 g/mol. The van der Waals surface area contributed by atoms with Crippen molar-refractivity contribution < 1.29 is 7.90 Å². The number of benzene rings is 4. The third-order valence-electron chi connectivity index (χ3n) is 5.51. The highest BCUT2D eigenvalue weighted by Crippen LogP contribution is 2.54. The lowest BCUT2D eigenvalue weighted by molar-refractivity contribution is -0.127. The number of nitrogens with two attached hydrogens (primary N) is 1. The van der Waals surface area contributed by atoms with Gasteiger partial charge in [0.15, 0.2) is 11.2 Å². The Morgan fingerprint density at radius 1 is 0.467 bits per heavy atom. The predicted molar refractivity (Wildman–Crippen MR) is 128 cm³/mol. The second-order valence-corrected chi connectivity index (χ2v) is 7.46. The van der Waals surface area contributed by atoms with Gasteiger partial charge in [-0.25, -0.2) is 5.90 Å². The Hall–Kier alpha value is -2.51. The van der Waals surface area contributed by atoms with Crippen LogP contribution in [0.4, 0.5) is 0 Å². The largest absolute Gasteiger partial charge is 0.295 e. The molecule has 0 amide bonds. The molecule has 0 saturated heterocycles. The Morgan fingerprint density at radius 3 is 0.967 bits per heavy atom. The minimum Gasteiger partial charge on any atom is -0.295 e. The maximum absolute atomic E-state index is 6.44. The molecule has 4 aromatic carbocycles. The fourth-order valence-corrected chi connectivity index (χ4v) is 5.02. The molecule has 30 heavy (non-hydrogen) atoms. The average Bonchev–Trinajstić information content (AvgIpc) is 2.85. The zero-order valence-corrected chi connectivity index (χ0v) is 18.5. The van der Waals surface area contributed by atoms with E-state index in [-0.39, 0.29) is 0 Å². The summed E-state index contributed by atoms with van der Waals surface area (Å²) in [4.78, 5) is 6.05. The van der Waals surface area contributed by atoms with Crippen LogP contribution in [-0.2, 0) is 19.1 Å². The van der Waals surface area contributed by atoms with Crippen LogP contribution in [0.3, 0.4) is 0 Å². The van der Waals surface area contributed by atoms with Crippen molar-refractivity contribution in [2.75, 3.05) is 0 Å². The van der Waals surface area contributed by atoms with Crippen LogP contribution in [0.5, 0.6) is 0 Å². The minimum atomic E-state index is -1.15. The summed E-state index contributed by atoms with van der Waals surface area (Å²) in [7, 11) is 0. The summed E-state index contributed by atoms with van der Waals surface area (Å²) in [6.07, 6.45) is 0. The normalized spacial score (nSPS) is 11.9. The molecule has 0 unspecified atom stereocenters. The van der Waals surface area contributed by atoms with Crippen molar-refractivity contribution in [2.24, 2.45) is 5.90 Å². The number of halogens is 1. The predicted octanol–water partition coefficient (Wildman–Crippen LogP) is 6.13. The molecule has 0 spiro atoms. The van der Waals surface area contributed by atoms with E-state index in [1.54, 1.807) is 0 Å². The summed E-state index contributed by atoms with van der Waals surface area (Å²) in [6, 6.07) is 40.2. The zero-order chi connectivity index (χ0) is 20.9. The van der Waals surface area contributed by atoms with Crippen molar-refractivity contribution >= 4 is 23.0 Å². The second-order valence-electron chi connectivity index (χ2n) is 7.02. The highest BCUT2D eigenvalue weighted by atomic mass is 127. The second kappa shape index (κ2) is 9.10. The summed E-state index contributed by atoms with van der Waals surface area (Å²) >= 11 is 1.98. The molecule has 0 aliphatic rings. The molecule has 4 heteroatoms. The van der Waals surface area contributed by atoms with Gasteiger partial charge in [-0.3, -0.25) is 7.90 Å². The third kappa shape index (κ3) is 3.26. The van der Waals surface area contributed by atoms with E-state index in [4.69, 9.17) is 13.8 Å². The standard InChI is InChI=1S/C26H22INO2/c27-29-25(21-13-5-1-6-14-21,22-15-7-2-8-16-22)26(30-28,23-17-9-3-10-18-23)24-19-11-4-12-20-24/h1-20H,28H2. The smallest absolute Gasteiger partial charge is 0.177 e. The molecule has 0 aromatic heterocycles. The van der Waals surface area contributed by atoms with Gasteiger partial charge in [-0.15, -0.1) is 0 Å². The van der Waals surface area contributed by atoms with Gasteiger partial charge < -0.3 is 0 Å². The fourth-order valence-electron chi connectivity index (χ4n) is 4.20. The van der Waals surface area contributed by atoms with Crippen molar-refractivity contribution in [2.45, 2.75) is 11.2 Å². The Bertz CT molecular complexity index is 889. The molecule has 0 bridgehead atoms. The van der Waals surface area contributed by atoms with Gasteiger partial charge >= 0.3 is 0 Å². The summed E-state index contributed by atoms with van der Waals surface area (Å²) < 4.78 is 6.44. The Balaban J connectivity index is 2.17. The molecule has 4 rings (SSSR count). The molecule has 0 aliphatic heterocycles. The van der Waals surface area contributed by atoms with E-state index >= 15 is 0 Å². The van der Waals surface area contributed by atoms with E-state index in [0.29, 0.717) is 0 Å². The minimum absolute atomic E-state index is 0.892. The molecule has 0 radical (unpaired) electrons. The van der Waals surface area contributed by atoms with E-state index in [1.807, 2.05) is 144 Å². The first kappa shape index (κ1) is 20.8. The van der Waals surface area contributed by atoms with Crippen molar-refractivity contribution in [3.63, 3.8) is 0 Å². The van der Waals surface area contributed by atoms with E-state index in [9.17, 15) is 0 Å². The lowest BCUT2D eigenvalue weighted by atomic mass is 9.66. The highest BCUT2D eigenvalue weighted by Gasteiger charge is 2.58. The number of hydrogen-bond donors (Lipinski definition) is 1. The summed E-state index contributed by atoms with van der Waals surface area (Å²) in [5.74, 6) is 6.22. The van der Waals surface area contributed by atoms with Gasteiger partial charge in [-0.05, 0) is 22.3 Å². The van der Waals surface area contributed by atoms with Gasteiger partial charge in [-0.2, -0.15) is 0 Å². The van der Waals surface area contributed by atoms with E-state index in [1.165, 1.54) is 0 Å². The first-order valence-corrected chi connectivity index (χ1v) is 10.6. The van der Waals surface area contributed by atoms with Crippen LogP contribution in [0.1, 0.15) is 22.3 Å². The molecule has 0 fully saturated rings. The van der Waals surface area contributed by atoms with Crippen LogP contribution < -0.4 is 5.90 Å². The molecule has 2 N–H and O–H groups in total. The Labute approximate surface area is 191 Å². The van der Waals surface area contributed by atoms with Gasteiger partial charge in [0.2, 0.25) is 0 Å². The maximum atomic E-state index is 6.44. The van der Waals surface area contributed by atoms with Gasteiger partial charge in [0.05, 0.1) is 0 Å². The number of rotatable bonds is 7. The molecular formula is C26H22INO2. The molecule has 0 atom stereocenters. The Morgan fingerprint density at radius 2 is 0.733 bits per heavy atom. The van der Waals surface area contributed by atoms with E-state index in [0.717, 1.165) is 22.3 Å². The van der Waals surface area contributed by atoms with E-state index in [2.05, 4.69) is 0 Å². The van der Waals surface area contributed by atoms with Crippen molar-refractivity contribution in [1.29, 1.82) is 0 Å². The van der Waals surface area contributed by atoms with Crippen LogP contribution in [0.25, 0.3) is 0 Å². The van der Waals surface area contributed by atoms with E-state index < -0.39 is 11.2 Å². The third-order valence-corrected chi connectivity index (χ3v) is 6.17. The van der Waals surface area contributed by atoms with Gasteiger partial charge in [0.25, 0.3) is 0 Å². The lowest BCUT2D eigenvalue weighted by Gasteiger charge is -2.48. The summed E-state index contributed by atoms with van der Waals surface area (Å²) in [5.41, 5.74) is 1.44. The van der Waals surface area contributed by atoms with Crippen molar-refractivity contribution in [3.05, 3.63) is 144 Å². The molecule has 150 valence electrons. The van der Waals surface area contributed by atoms with Gasteiger partial charge in [-0.1, -0.05) is 121 Å². The molecule has 0 saturated carbocycles. The number of hydrogen-bond acceptors (Lipinski definition) is 3. The quantitative estimate of drug-likeness (QED) is 0.242. The molecule has 0 heterocycles. The van der Waals surface area contributed by atoms with Gasteiger partial charge in [0.1, 0.15) is 23.0 Å². The van der Waals surface area contributed by atoms with Gasteiger partial charge in [0, 0.05) is 0 Å². The molecule has 0 aliphatic carbocycles. The van der Waals surface area contributed by atoms with Crippen LogP contribution in [0.15, 0.2) is 121 Å².